The van der Waals surface area contributed by atoms with Crippen LogP contribution in [-0.4, -0.2) is 140 Å². The Morgan fingerprint density at radius 2 is 0.843 bits per heavy atom. The number of ether oxygens (including phenoxy) is 4. The van der Waals surface area contributed by atoms with Gasteiger partial charge in [0.15, 0.2) is 12.6 Å². The van der Waals surface area contributed by atoms with Crippen LogP contribution in [0.1, 0.15) is 251 Å². The third kappa shape index (κ3) is 38.1. The number of aliphatic hydroxyl groups excluding tert-OH is 8. The quantitative estimate of drug-likeness (QED) is 0.0204. The number of unbranched alkanes of at least 4 members (excludes halogenated alkanes) is 28. The van der Waals surface area contributed by atoms with Crippen molar-refractivity contribution in [3.05, 3.63) is 85.1 Å². The summed E-state index contributed by atoms with van der Waals surface area (Å²) in [6.07, 6.45) is 56.8. The minimum atomic E-state index is -1.79. The van der Waals surface area contributed by atoms with E-state index >= 15 is 0 Å². The summed E-state index contributed by atoms with van der Waals surface area (Å²) >= 11 is 0. The Hall–Kier alpha value is -2.83. The molecule has 12 unspecified atom stereocenters. The van der Waals surface area contributed by atoms with Crippen LogP contribution in [0, 0.1) is 0 Å². The van der Waals surface area contributed by atoms with E-state index in [1.54, 1.807) is 6.08 Å². The summed E-state index contributed by atoms with van der Waals surface area (Å²) in [5, 5.41) is 86.9. The second kappa shape index (κ2) is 53.4. The number of carbonyl (C=O) groups excluding carboxylic acids is 1. The van der Waals surface area contributed by atoms with Gasteiger partial charge in [-0.25, -0.2) is 0 Å². The predicted octanol–water partition coefficient (Wildman–Crippen LogP) is 12.8. The SMILES string of the molecule is CC/C=C\C/C=C\C/C=C\C/C=C\C/C=C\CCCCCCCCCCCCCCCCCCCCCCCCCC(=O)NC(COC1OC(CO)C(OC2OC(CO)C(O)C(O)C2O)C(O)C1O)C(O)/C=C/CC/C=C/CCCCCC. The van der Waals surface area contributed by atoms with Crippen molar-refractivity contribution in [3.63, 3.8) is 0 Å². The maximum absolute atomic E-state index is 13.2. The fourth-order valence-electron chi connectivity index (χ4n) is 10.5. The van der Waals surface area contributed by atoms with Crippen molar-refractivity contribution in [1.29, 1.82) is 0 Å². The molecule has 0 spiro atoms. The van der Waals surface area contributed by atoms with E-state index in [2.05, 4.69) is 92.1 Å². The van der Waals surface area contributed by atoms with Gasteiger partial charge in [0.05, 0.1) is 32.0 Å². The van der Waals surface area contributed by atoms with Gasteiger partial charge in [-0.1, -0.05) is 253 Å². The zero-order valence-corrected chi connectivity index (χ0v) is 51.9. The second-order valence-corrected chi connectivity index (χ2v) is 23.2. The number of rotatable bonds is 53. The van der Waals surface area contributed by atoms with Gasteiger partial charge in [0.1, 0.15) is 48.8 Å². The van der Waals surface area contributed by atoms with Crippen LogP contribution in [-0.2, 0) is 23.7 Å². The van der Waals surface area contributed by atoms with Gasteiger partial charge >= 0.3 is 0 Å². The molecular weight excluding hydrogens is 1050 g/mol. The summed E-state index contributed by atoms with van der Waals surface area (Å²) < 4.78 is 22.7. The Bertz CT molecular complexity index is 1710. The largest absolute Gasteiger partial charge is 0.394 e. The minimum absolute atomic E-state index is 0.250. The first kappa shape index (κ1) is 76.3. The van der Waals surface area contributed by atoms with Crippen LogP contribution in [0.2, 0.25) is 0 Å². The average molecular weight is 1170 g/mol. The monoisotopic (exact) mass is 1170 g/mol. The summed E-state index contributed by atoms with van der Waals surface area (Å²) in [6.45, 7) is 2.62. The van der Waals surface area contributed by atoms with Crippen LogP contribution in [0.4, 0.5) is 0 Å². The number of allylic oxidation sites excluding steroid dienone is 13. The molecule has 12 atom stereocenters. The molecule has 2 aliphatic rings. The van der Waals surface area contributed by atoms with Crippen molar-refractivity contribution in [3.8, 4) is 0 Å². The number of aliphatic hydroxyl groups is 8. The van der Waals surface area contributed by atoms with E-state index in [1.165, 1.54) is 154 Å². The lowest BCUT2D eigenvalue weighted by Gasteiger charge is -2.46. The number of hydrogen-bond donors (Lipinski definition) is 9. The number of nitrogens with one attached hydrogen (secondary N) is 1. The fraction of sp³-hybridized carbons (Fsp3) is 0.783. The Balaban J connectivity index is 1.54. The zero-order valence-electron chi connectivity index (χ0n) is 51.9. The van der Waals surface area contributed by atoms with Gasteiger partial charge in [-0.05, 0) is 77.0 Å². The molecule has 2 heterocycles. The molecular formula is C69H121NO13. The summed E-state index contributed by atoms with van der Waals surface area (Å²) in [4.78, 5) is 13.2. The van der Waals surface area contributed by atoms with Crippen LogP contribution >= 0.6 is 0 Å². The second-order valence-electron chi connectivity index (χ2n) is 23.2. The predicted molar refractivity (Wildman–Crippen MR) is 336 cm³/mol. The molecule has 83 heavy (non-hydrogen) atoms. The van der Waals surface area contributed by atoms with Crippen molar-refractivity contribution < 1.29 is 64.6 Å². The molecule has 0 aromatic carbocycles. The Labute approximate surface area is 503 Å². The van der Waals surface area contributed by atoms with E-state index in [1.807, 2.05) is 6.08 Å². The lowest BCUT2D eigenvalue weighted by atomic mass is 9.97. The van der Waals surface area contributed by atoms with Crippen molar-refractivity contribution in [2.45, 2.75) is 325 Å². The molecule has 0 aliphatic carbocycles. The molecule has 2 aliphatic heterocycles. The topological polar surface area (TPSA) is 228 Å². The number of hydrogen-bond acceptors (Lipinski definition) is 13. The van der Waals surface area contributed by atoms with Crippen LogP contribution < -0.4 is 5.32 Å². The summed E-state index contributed by atoms with van der Waals surface area (Å²) in [7, 11) is 0. The summed E-state index contributed by atoms with van der Waals surface area (Å²) in [5.74, 6) is -0.250. The highest BCUT2D eigenvalue weighted by Crippen LogP contribution is 2.30. The molecule has 14 heteroatoms. The van der Waals surface area contributed by atoms with E-state index in [9.17, 15) is 45.6 Å². The van der Waals surface area contributed by atoms with Crippen LogP contribution in [0.3, 0.4) is 0 Å². The van der Waals surface area contributed by atoms with Gasteiger partial charge in [0.2, 0.25) is 5.91 Å². The first-order valence-corrected chi connectivity index (χ1v) is 33.3. The highest BCUT2D eigenvalue weighted by molar-refractivity contribution is 5.76. The third-order valence-electron chi connectivity index (χ3n) is 15.8. The van der Waals surface area contributed by atoms with Crippen LogP contribution in [0.15, 0.2) is 85.1 Å². The van der Waals surface area contributed by atoms with Crippen molar-refractivity contribution in [2.24, 2.45) is 0 Å². The minimum Gasteiger partial charge on any atom is -0.394 e. The molecule has 0 aromatic rings. The molecule has 2 rings (SSSR count). The third-order valence-corrected chi connectivity index (χ3v) is 15.8. The zero-order chi connectivity index (χ0) is 60.2. The molecule has 0 radical (unpaired) electrons. The molecule has 480 valence electrons. The van der Waals surface area contributed by atoms with Crippen molar-refractivity contribution in [2.75, 3.05) is 19.8 Å². The van der Waals surface area contributed by atoms with Gasteiger partial charge in [0, 0.05) is 6.42 Å². The Morgan fingerprint density at radius 3 is 1.33 bits per heavy atom. The lowest BCUT2D eigenvalue weighted by Crippen LogP contribution is -2.65. The van der Waals surface area contributed by atoms with Crippen LogP contribution in [0.5, 0.6) is 0 Å². The molecule has 0 bridgehead atoms. The highest BCUT2D eigenvalue weighted by atomic mass is 16.7. The van der Waals surface area contributed by atoms with E-state index in [4.69, 9.17) is 18.9 Å². The normalized spacial score (nSPS) is 24.4. The molecule has 2 fully saturated rings. The Morgan fingerprint density at radius 1 is 0.446 bits per heavy atom. The lowest BCUT2D eigenvalue weighted by molar-refractivity contribution is -0.359. The average Bonchev–Trinajstić information content (AvgIpc) is 3.47. The summed E-state index contributed by atoms with van der Waals surface area (Å²) in [6, 6.07) is -0.931. The number of carbonyl (C=O) groups is 1. The molecule has 2 saturated heterocycles. The van der Waals surface area contributed by atoms with Gasteiger partial charge in [0.25, 0.3) is 0 Å². The first-order chi connectivity index (χ1) is 40.6. The number of amides is 1. The first-order valence-electron chi connectivity index (χ1n) is 33.3. The molecule has 0 aromatic heterocycles. The van der Waals surface area contributed by atoms with Gasteiger partial charge in [-0.2, -0.15) is 0 Å². The fourth-order valence-corrected chi connectivity index (χ4v) is 10.5. The van der Waals surface area contributed by atoms with E-state index in [-0.39, 0.29) is 18.9 Å². The van der Waals surface area contributed by atoms with Crippen molar-refractivity contribution >= 4 is 5.91 Å². The van der Waals surface area contributed by atoms with E-state index in [0.717, 1.165) is 64.2 Å². The smallest absolute Gasteiger partial charge is 0.220 e. The van der Waals surface area contributed by atoms with E-state index in [0.29, 0.717) is 12.8 Å². The van der Waals surface area contributed by atoms with E-state index < -0.39 is 86.8 Å². The molecule has 1 amide bonds. The van der Waals surface area contributed by atoms with Gasteiger partial charge in [-0.3, -0.25) is 4.79 Å². The van der Waals surface area contributed by atoms with Gasteiger partial charge < -0.3 is 65.1 Å². The highest BCUT2D eigenvalue weighted by Gasteiger charge is 2.51. The summed E-state index contributed by atoms with van der Waals surface area (Å²) in [5.41, 5.74) is 0. The molecule has 9 N–H and O–H groups in total. The van der Waals surface area contributed by atoms with Crippen molar-refractivity contribution in [1.82, 2.24) is 5.32 Å². The molecule has 14 nitrogen and oxygen atoms in total. The van der Waals surface area contributed by atoms with Crippen LogP contribution in [0.25, 0.3) is 0 Å². The standard InChI is InChI=1S/C69H121NO13/c1-3-5-7-9-11-13-15-16-17-18-19-20-21-22-23-24-25-26-27-28-29-30-31-32-33-34-35-36-37-38-39-40-41-42-43-45-47-49-51-53-61(74)70-57(58(73)52-50-48-46-44-14-12-10-8-6-4-2)56-80-68-66(79)64(77)67(60(55-72)82-68)83-69-65(78)63(76)62(75)59(54-71)81-69/h5,7,11,13-14,16-17,19-20,22-23,44,50,52,57-60,62-69,71-73,75-79H,3-4,6,8-10,12,15,18,21,24-43,45-49,51,53-56H2,1-2H3,(H,70,74)/b7-5-,13-11-,17-16-,20-19-,23-22-,44-14+,52-50+. The Kier molecular flexibility index (Phi) is 49.1. The maximum Gasteiger partial charge on any atom is 0.220 e. The maximum atomic E-state index is 13.2. The molecule has 0 saturated carbocycles. The van der Waals surface area contributed by atoms with Gasteiger partial charge in [-0.15, -0.1) is 0 Å².